The number of primary amides is 1. The molecule has 4 rings (SSSR count). The van der Waals surface area contributed by atoms with Gasteiger partial charge in [-0.2, -0.15) is 5.10 Å². The number of amides is 1. The molecule has 0 radical (unpaired) electrons. The molecule has 8 nitrogen and oxygen atoms in total. The summed E-state index contributed by atoms with van der Waals surface area (Å²) in [4.78, 5) is 16.1. The lowest BCUT2D eigenvalue weighted by Gasteiger charge is -2.12. The summed E-state index contributed by atoms with van der Waals surface area (Å²) in [5.41, 5.74) is 13.1. The summed E-state index contributed by atoms with van der Waals surface area (Å²) in [5, 5.41) is 5.70. The zero-order chi connectivity index (χ0) is 21.1. The summed E-state index contributed by atoms with van der Waals surface area (Å²) in [6.45, 7) is 4.00. The summed E-state index contributed by atoms with van der Waals surface area (Å²) in [5.74, 6) is 1.39. The molecular formula is C21H23N5O3. The zero-order valence-corrected chi connectivity index (χ0v) is 16.8. The maximum absolute atomic E-state index is 11.7. The molecule has 4 aromatic rings. The molecule has 0 atom stereocenters. The van der Waals surface area contributed by atoms with Crippen LogP contribution in [0.2, 0.25) is 0 Å². The second-order valence-corrected chi connectivity index (χ2v) is 6.03. The number of nitrogen functional groups attached to an aromatic ring is 1. The first kappa shape index (κ1) is 19.9. The Hall–Kier alpha value is -3.81. The average Bonchev–Trinajstić information content (AvgIpc) is 3.02. The lowest BCUT2D eigenvalue weighted by atomic mass is 10.1. The first-order valence-electron chi connectivity index (χ1n) is 9.14. The third-order valence-corrected chi connectivity index (χ3v) is 4.37. The molecule has 1 amide bonds. The summed E-state index contributed by atoms with van der Waals surface area (Å²) < 4.78 is 13.0. The van der Waals surface area contributed by atoms with Gasteiger partial charge >= 0.3 is 0 Å². The monoisotopic (exact) mass is 393 g/mol. The predicted octanol–water partition coefficient (Wildman–Crippen LogP) is 3.63. The average molecular weight is 393 g/mol. The summed E-state index contributed by atoms with van der Waals surface area (Å²) in [7, 11) is 3.29. The smallest absolute Gasteiger partial charge is 0.252 e. The maximum Gasteiger partial charge on any atom is 0.252 e. The first-order chi connectivity index (χ1) is 14.0. The van der Waals surface area contributed by atoms with Gasteiger partial charge < -0.3 is 20.9 Å². The number of methoxy groups -OCH3 is 1. The van der Waals surface area contributed by atoms with E-state index in [9.17, 15) is 4.79 Å². The van der Waals surface area contributed by atoms with Crippen molar-refractivity contribution in [3.05, 3.63) is 48.2 Å². The van der Waals surface area contributed by atoms with E-state index in [2.05, 4.69) is 10.1 Å². The van der Waals surface area contributed by atoms with Crippen LogP contribution in [-0.4, -0.2) is 27.8 Å². The number of pyridine rings is 1. The third-order valence-electron chi connectivity index (χ3n) is 4.37. The van der Waals surface area contributed by atoms with Crippen LogP contribution in [0, 0.1) is 0 Å². The Bertz CT molecular complexity index is 1200. The molecule has 29 heavy (non-hydrogen) atoms. The van der Waals surface area contributed by atoms with E-state index < -0.39 is 5.91 Å². The number of hydrogen-bond donors (Lipinski definition) is 2. The van der Waals surface area contributed by atoms with E-state index in [1.165, 1.54) is 7.11 Å². The topological polar surface area (TPSA) is 118 Å². The number of rotatable bonds is 4. The molecule has 8 heteroatoms. The van der Waals surface area contributed by atoms with E-state index in [-0.39, 0.29) is 5.56 Å². The minimum Gasteiger partial charge on any atom is -0.496 e. The first-order valence-corrected chi connectivity index (χ1v) is 9.14. The Labute approximate surface area is 168 Å². The van der Waals surface area contributed by atoms with Crippen molar-refractivity contribution in [3.8, 4) is 17.2 Å². The number of fused-ring (bicyclic) bond motifs is 2. The van der Waals surface area contributed by atoms with E-state index in [0.29, 0.717) is 34.0 Å². The van der Waals surface area contributed by atoms with Crippen LogP contribution in [0.5, 0.6) is 17.2 Å². The minimum atomic E-state index is -0.588. The molecule has 0 aliphatic heterocycles. The highest BCUT2D eigenvalue weighted by Crippen LogP contribution is 2.34. The van der Waals surface area contributed by atoms with E-state index in [4.69, 9.17) is 20.9 Å². The number of anilines is 1. The number of ether oxygens (including phenoxy) is 2. The van der Waals surface area contributed by atoms with E-state index >= 15 is 0 Å². The Morgan fingerprint density at radius 1 is 1.07 bits per heavy atom. The predicted molar refractivity (Wildman–Crippen MR) is 113 cm³/mol. The summed E-state index contributed by atoms with van der Waals surface area (Å²) in [6, 6.07) is 10.5. The van der Waals surface area contributed by atoms with Gasteiger partial charge in [0.2, 0.25) is 0 Å². The molecule has 2 aromatic heterocycles. The number of hydrogen-bond acceptors (Lipinski definition) is 6. The molecule has 0 fully saturated rings. The molecule has 0 spiro atoms. The van der Waals surface area contributed by atoms with Crippen LogP contribution in [0.25, 0.3) is 21.8 Å². The van der Waals surface area contributed by atoms with Crippen LogP contribution < -0.4 is 20.9 Å². The lowest BCUT2D eigenvalue weighted by Crippen LogP contribution is -2.12. The second-order valence-electron chi connectivity index (χ2n) is 6.03. The highest BCUT2D eigenvalue weighted by atomic mass is 16.5. The van der Waals surface area contributed by atoms with Gasteiger partial charge in [0, 0.05) is 36.1 Å². The van der Waals surface area contributed by atoms with Crippen molar-refractivity contribution in [2.75, 3.05) is 12.8 Å². The van der Waals surface area contributed by atoms with Gasteiger partial charge in [-0.25, -0.2) is 0 Å². The second kappa shape index (κ2) is 8.05. The van der Waals surface area contributed by atoms with Crippen molar-refractivity contribution in [2.24, 2.45) is 12.8 Å². The Morgan fingerprint density at radius 3 is 2.52 bits per heavy atom. The van der Waals surface area contributed by atoms with Crippen molar-refractivity contribution in [2.45, 2.75) is 13.8 Å². The van der Waals surface area contributed by atoms with Gasteiger partial charge in [0.1, 0.15) is 17.2 Å². The van der Waals surface area contributed by atoms with Crippen LogP contribution in [-0.2, 0) is 7.05 Å². The highest BCUT2D eigenvalue weighted by molar-refractivity contribution is 6.01. The molecule has 2 heterocycles. The van der Waals surface area contributed by atoms with Crippen molar-refractivity contribution >= 4 is 33.5 Å². The largest absolute Gasteiger partial charge is 0.496 e. The van der Waals surface area contributed by atoms with Crippen molar-refractivity contribution in [1.29, 1.82) is 0 Å². The Kier molecular flexibility index (Phi) is 5.54. The van der Waals surface area contributed by atoms with Gasteiger partial charge in [-0.05, 0) is 24.3 Å². The van der Waals surface area contributed by atoms with Crippen LogP contribution in [0.1, 0.15) is 24.2 Å². The number of nitrogens with zero attached hydrogens (tertiary/aromatic N) is 3. The molecule has 0 aliphatic carbocycles. The fraction of sp³-hybridized carbons (Fsp3) is 0.190. The van der Waals surface area contributed by atoms with Gasteiger partial charge in [0.15, 0.2) is 5.82 Å². The maximum atomic E-state index is 11.7. The number of benzene rings is 2. The molecular weight excluding hydrogens is 370 g/mol. The molecule has 2 aromatic carbocycles. The standard InChI is InChI=1S/C19H17N5O3.C2H6/c1-24-15-7-10(3-4-11(15)18(20)23-24)27-16-5-6-22-14-9-17(26-2)13(19(21)25)8-12(14)16;1-2/h3-9H,1-2H3,(H2,20,23)(H2,21,25);1-2H3. The van der Waals surface area contributed by atoms with Gasteiger partial charge in [-0.1, -0.05) is 13.8 Å². The number of carbonyl (C=O) groups is 1. The Balaban J connectivity index is 0.00000117. The van der Waals surface area contributed by atoms with Gasteiger partial charge in [0.05, 0.1) is 23.7 Å². The fourth-order valence-corrected chi connectivity index (χ4v) is 3.05. The summed E-state index contributed by atoms with van der Waals surface area (Å²) >= 11 is 0. The summed E-state index contributed by atoms with van der Waals surface area (Å²) in [6.07, 6.45) is 1.63. The SMILES string of the molecule is CC.COc1cc2nccc(Oc3ccc4c(N)nn(C)c4c3)c2cc1C(N)=O. The Morgan fingerprint density at radius 2 is 1.83 bits per heavy atom. The number of carbonyl (C=O) groups excluding carboxylic acids is 1. The van der Waals surface area contributed by atoms with Gasteiger partial charge in [-0.3, -0.25) is 14.5 Å². The molecule has 0 saturated carbocycles. The zero-order valence-electron chi connectivity index (χ0n) is 16.8. The van der Waals surface area contributed by atoms with E-state index in [1.54, 1.807) is 29.1 Å². The van der Waals surface area contributed by atoms with Crippen molar-refractivity contribution < 1.29 is 14.3 Å². The number of nitrogens with two attached hydrogens (primary N) is 2. The van der Waals surface area contributed by atoms with Crippen LogP contribution in [0.4, 0.5) is 5.82 Å². The quantitative estimate of drug-likeness (QED) is 0.546. The van der Waals surface area contributed by atoms with Crippen molar-refractivity contribution in [3.63, 3.8) is 0 Å². The van der Waals surface area contributed by atoms with E-state index in [1.807, 2.05) is 39.1 Å². The third kappa shape index (κ3) is 3.64. The lowest BCUT2D eigenvalue weighted by molar-refractivity contribution is 0.0997. The van der Waals surface area contributed by atoms with Gasteiger partial charge in [0.25, 0.3) is 5.91 Å². The number of aromatic nitrogens is 3. The molecule has 0 bridgehead atoms. The normalized spacial score (nSPS) is 10.5. The van der Waals surface area contributed by atoms with Gasteiger partial charge in [-0.15, -0.1) is 0 Å². The van der Waals surface area contributed by atoms with Crippen LogP contribution in [0.3, 0.4) is 0 Å². The molecule has 4 N–H and O–H groups in total. The molecule has 0 unspecified atom stereocenters. The highest BCUT2D eigenvalue weighted by Gasteiger charge is 2.15. The fourth-order valence-electron chi connectivity index (χ4n) is 3.05. The van der Waals surface area contributed by atoms with E-state index in [0.717, 1.165) is 10.9 Å². The van der Waals surface area contributed by atoms with Crippen molar-refractivity contribution in [1.82, 2.24) is 14.8 Å². The van der Waals surface area contributed by atoms with Crippen LogP contribution >= 0.6 is 0 Å². The number of aryl methyl sites for hydroxylation is 1. The minimum absolute atomic E-state index is 0.262. The molecule has 0 saturated heterocycles. The van der Waals surface area contributed by atoms with Crippen LogP contribution in [0.15, 0.2) is 42.6 Å². The molecule has 0 aliphatic rings. The molecule has 150 valence electrons.